The summed E-state index contributed by atoms with van der Waals surface area (Å²) in [6, 6.07) is 4.74. The third-order valence-corrected chi connectivity index (χ3v) is 14.5. The number of hydrogen-bond donors (Lipinski definition) is 13. The number of nitrogens with one attached hydrogen (secondary N) is 8. The van der Waals surface area contributed by atoms with Crippen LogP contribution in [0.2, 0.25) is 0 Å². The number of ketones is 2. The number of fused-ring (bicyclic) bond motifs is 1. The standard InChI is InChI=1S/C58H89FN12O10/c1-4-5-6-7-8-11-41(72)33-52(75)66-44(19-24-61)50(73)32-38-22-27-64-55(78)49(30-39-34-65-43-13-10-9-12-42(39)43)69-53(76)37(18-23-60)31-51(74)45(20-25-62)67-57(80)47(28-35(2)3)70-58(81)48(29-36-14-16-40(59)17-15-36)71-56(79)46(21-26-63)68-54(38)77/h9-10,12-17,34-35,37-38,41,44-49,65,72H,4-8,11,18-33,60-63H2,1-3H3,(H,64,78)(H,66,75)(H,67,80)(H,68,77)(H,69,76)(H,70,81)(H,71,79)/t37-,38-,41-,44-,45+,46+,47+,48-,49+/m1/s1. The monoisotopic (exact) mass is 1130 g/mol. The third kappa shape index (κ3) is 22.7. The molecule has 2 aromatic carbocycles. The second-order valence-electron chi connectivity index (χ2n) is 21.6. The van der Waals surface area contributed by atoms with Crippen molar-refractivity contribution in [2.45, 2.75) is 172 Å². The quantitative estimate of drug-likeness (QED) is 0.0503. The maximum Gasteiger partial charge on any atom is 0.243 e. The lowest BCUT2D eigenvalue weighted by Gasteiger charge is -2.28. The van der Waals surface area contributed by atoms with Gasteiger partial charge in [0.05, 0.1) is 24.6 Å². The first-order valence-electron chi connectivity index (χ1n) is 28.7. The number of unbranched alkanes of at least 4 members (excludes halogenated alkanes) is 4. The number of amides is 7. The number of benzene rings is 2. The molecule has 0 radical (unpaired) electrons. The van der Waals surface area contributed by atoms with Crippen molar-refractivity contribution in [3.63, 3.8) is 0 Å². The number of hydrogen-bond acceptors (Lipinski definition) is 14. The number of aliphatic hydroxyl groups excluding tert-OH is 1. The molecule has 4 rings (SSSR count). The zero-order chi connectivity index (χ0) is 59.4. The minimum atomic E-state index is -1.44. The Morgan fingerprint density at radius 2 is 1.26 bits per heavy atom. The Hall–Kier alpha value is -6.66. The Morgan fingerprint density at radius 3 is 1.94 bits per heavy atom. The van der Waals surface area contributed by atoms with E-state index in [0.717, 1.165) is 43.0 Å². The van der Waals surface area contributed by atoms with E-state index in [-0.39, 0.29) is 96.4 Å². The number of aromatic nitrogens is 1. The van der Waals surface area contributed by atoms with E-state index in [1.807, 2.05) is 38.1 Å². The van der Waals surface area contributed by atoms with E-state index in [9.17, 15) is 52.6 Å². The first-order chi connectivity index (χ1) is 38.8. The predicted octanol–water partition coefficient (Wildman–Crippen LogP) is 1.22. The molecule has 9 atom stereocenters. The van der Waals surface area contributed by atoms with Crippen molar-refractivity contribution in [2.24, 2.45) is 40.7 Å². The van der Waals surface area contributed by atoms with E-state index in [1.54, 1.807) is 6.20 Å². The molecule has 7 amide bonds. The molecule has 1 saturated heterocycles. The molecular weight excluding hydrogens is 1040 g/mol. The molecule has 2 heterocycles. The summed E-state index contributed by atoms with van der Waals surface area (Å²) < 4.78 is 14.1. The molecule has 0 bridgehead atoms. The van der Waals surface area contributed by atoms with E-state index < -0.39 is 126 Å². The van der Waals surface area contributed by atoms with Crippen LogP contribution in [0.4, 0.5) is 4.39 Å². The zero-order valence-electron chi connectivity index (χ0n) is 47.3. The lowest BCUT2D eigenvalue weighted by molar-refractivity contribution is -0.136. The van der Waals surface area contributed by atoms with Gasteiger partial charge in [-0.3, -0.25) is 43.2 Å². The molecule has 22 nitrogen and oxygen atoms in total. The zero-order valence-corrected chi connectivity index (χ0v) is 47.3. The lowest BCUT2D eigenvalue weighted by atomic mass is 9.92. The number of nitrogens with two attached hydrogens (primary N) is 4. The van der Waals surface area contributed by atoms with Gasteiger partial charge in [-0.1, -0.05) is 83.2 Å². The van der Waals surface area contributed by atoms with Gasteiger partial charge in [-0.2, -0.15) is 0 Å². The van der Waals surface area contributed by atoms with Crippen molar-refractivity contribution in [3.05, 3.63) is 71.7 Å². The molecule has 17 N–H and O–H groups in total. The fraction of sp³-hybridized carbons (Fsp3) is 0.603. The molecule has 448 valence electrons. The number of aromatic amines is 1. The van der Waals surface area contributed by atoms with Crippen molar-refractivity contribution >= 4 is 63.8 Å². The molecule has 0 unspecified atom stereocenters. The summed E-state index contributed by atoms with van der Waals surface area (Å²) in [6.45, 7) is 5.22. The number of carbonyl (C=O) groups is 9. The van der Waals surface area contributed by atoms with Gasteiger partial charge in [0.2, 0.25) is 41.4 Å². The van der Waals surface area contributed by atoms with Gasteiger partial charge in [0.1, 0.15) is 30.0 Å². The Kier molecular flexibility index (Phi) is 29.1. The van der Waals surface area contributed by atoms with E-state index in [2.05, 4.69) is 49.1 Å². The average Bonchev–Trinajstić information content (AvgIpc) is 3.90. The van der Waals surface area contributed by atoms with Crippen molar-refractivity contribution in [1.29, 1.82) is 0 Å². The molecule has 0 aliphatic carbocycles. The molecule has 1 aliphatic rings. The summed E-state index contributed by atoms with van der Waals surface area (Å²) in [5, 5.41) is 30.6. The molecular formula is C58H89FN12O10. The van der Waals surface area contributed by atoms with Gasteiger partial charge in [-0.25, -0.2) is 4.39 Å². The molecule has 0 saturated carbocycles. The van der Waals surface area contributed by atoms with Gasteiger partial charge in [0.25, 0.3) is 0 Å². The van der Waals surface area contributed by atoms with Crippen molar-refractivity contribution < 1.29 is 52.6 Å². The van der Waals surface area contributed by atoms with E-state index >= 15 is 0 Å². The van der Waals surface area contributed by atoms with Gasteiger partial charge in [-0.15, -0.1) is 0 Å². The van der Waals surface area contributed by atoms with Crippen LogP contribution in [0.1, 0.15) is 128 Å². The van der Waals surface area contributed by atoms with E-state index in [1.165, 1.54) is 24.3 Å². The highest BCUT2D eigenvalue weighted by atomic mass is 19.1. The summed E-state index contributed by atoms with van der Waals surface area (Å²) in [5.74, 6) is -9.50. The first kappa shape index (κ1) is 66.8. The Labute approximate surface area is 474 Å². The number of carbonyl (C=O) groups excluding carboxylic acids is 9. The van der Waals surface area contributed by atoms with Crippen LogP contribution in [0.5, 0.6) is 0 Å². The van der Waals surface area contributed by atoms with Crippen LogP contribution >= 0.6 is 0 Å². The van der Waals surface area contributed by atoms with Crippen molar-refractivity contribution in [3.8, 4) is 0 Å². The van der Waals surface area contributed by atoms with Gasteiger partial charge in [0.15, 0.2) is 11.6 Å². The predicted molar refractivity (Wildman–Crippen MR) is 306 cm³/mol. The van der Waals surface area contributed by atoms with Crippen molar-refractivity contribution in [1.82, 2.24) is 42.2 Å². The van der Waals surface area contributed by atoms with Crippen molar-refractivity contribution in [2.75, 3.05) is 32.7 Å². The SMILES string of the molecule is CCCCCCC[C@@H](O)CC(=O)N[C@H](CCN)C(=O)C[C@H]1CCNC(=O)[C@H](Cc2c[nH]c3ccccc23)NC(=O)[C@H](CCN)CC(=O)[C@H](CCN)NC(=O)[C@H](CC(C)C)NC(=O)[C@@H](Cc2ccc(F)cc2)NC(=O)[C@H](CCN)NC1=O. The number of para-hydroxylation sites is 1. The van der Waals surface area contributed by atoms with Crippen LogP contribution in [0.3, 0.4) is 0 Å². The van der Waals surface area contributed by atoms with Gasteiger partial charge >= 0.3 is 0 Å². The topological polar surface area (TPSA) is 378 Å². The minimum absolute atomic E-state index is 0.0107. The normalized spacial score (nSPS) is 22.2. The summed E-state index contributed by atoms with van der Waals surface area (Å²) in [6.07, 6.45) is 4.08. The number of aliphatic hydroxyl groups is 1. The highest BCUT2D eigenvalue weighted by Crippen LogP contribution is 2.22. The van der Waals surface area contributed by atoms with Crippen LogP contribution in [-0.2, 0) is 56.0 Å². The summed E-state index contributed by atoms with van der Waals surface area (Å²) in [7, 11) is 0. The molecule has 0 spiro atoms. The minimum Gasteiger partial charge on any atom is -0.393 e. The maximum absolute atomic E-state index is 14.6. The highest BCUT2D eigenvalue weighted by Gasteiger charge is 2.36. The number of rotatable bonds is 26. The highest BCUT2D eigenvalue weighted by molar-refractivity contribution is 5.98. The number of H-pyrrole nitrogens is 1. The van der Waals surface area contributed by atoms with Gasteiger partial charge in [-0.05, 0) is 106 Å². The molecule has 3 aromatic rings. The lowest BCUT2D eigenvalue weighted by Crippen LogP contribution is -2.59. The van der Waals surface area contributed by atoms with Crippen LogP contribution < -0.4 is 60.2 Å². The molecule has 81 heavy (non-hydrogen) atoms. The Balaban J connectivity index is 1.78. The van der Waals surface area contributed by atoms with Gasteiger partial charge in [0, 0.05) is 61.2 Å². The smallest absolute Gasteiger partial charge is 0.243 e. The first-order valence-corrected chi connectivity index (χ1v) is 28.7. The molecule has 23 heteroatoms. The van der Waals surface area contributed by atoms with E-state index in [4.69, 9.17) is 22.9 Å². The average molecular weight is 1130 g/mol. The fourth-order valence-electron chi connectivity index (χ4n) is 9.96. The summed E-state index contributed by atoms with van der Waals surface area (Å²) in [5.41, 5.74) is 25.8. The fourth-order valence-corrected chi connectivity index (χ4v) is 9.96. The largest absolute Gasteiger partial charge is 0.393 e. The summed E-state index contributed by atoms with van der Waals surface area (Å²) >= 11 is 0. The number of halogens is 1. The maximum atomic E-state index is 14.6. The van der Waals surface area contributed by atoms with Crippen LogP contribution in [0, 0.1) is 23.6 Å². The van der Waals surface area contributed by atoms with Gasteiger partial charge < -0.3 is 70.2 Å². The molecule has 1 aromatic heterocycles. The second-order valence-corrected chi connectivity index (χ2v) is 21.6. The van der Waals surface area contributed by atoms with Crippen LogP contribution in [0.15, 0.2) is 54.7 Å². The molecule has 1 fully saturated rings. The Bertz CT molecular complexity index is 2530. The Morgan fingerprint density at radius 1 is 0.667 bits per heavy atom. The van der Waals surface area contributed by atoms with Crippen LogP contribution in [-0.4, -0.2) is 138 Å². The second kappa shape index (κ2) is 35.3. The number of Topliss-reactive ketones (excluding diaryl/α,β-unsaturated/α-hetero) is 2. The molecule has 1 aliphatic heterocycles. The van der Waals surface area contributed by atoms with Crippen LogP contribution in [0.25, 0.3) is 10.9 Å². The summed E-state index contributed by atoms with van der Waals surface area (Å²) in [4.78, 5) is 132. The van der Waals surface area contributed by atoms with E-state index in [0.29, 0.717) is 17.5 Å². The third-order valence-electron chi connectivity index (χ3n) is 14.5.